The zero-order valence-corrected chi connectivity index (χ0v) is 18.6. The average molecular weight is 455 g/mol. The molecule has 1 atom stereocenters. The van der Waals surface area contributed by atoms with Gasteiger partial charge in [-0.25, -0.2) is 13.4 Å². The maximum absolute atomic E-state index is 13.0. The van der Waals surface area contributed by atoms with Gasteiger partial charge in [-0.15, -0.1) is 11.3 Å². The number of nitrogens with one attached hydrogen (secondary N) is 3. The van der Waals surface area contributed by atoms with E-state index in [9.17, 15) is 13.2 Å². The standard InChI is InChI=1S/C22H22N4O3S2/c1-14(2)20(21-23-17-9-3-4-10-18(17)24-21)25-22(27)15-7-5-8-16(13-15)26-31(28,29)19-11-6-12-30-19/h3-14,20,26H,1-2H3,(H,23,24)(H,25,27). The Hall–Kier alpha value is -3.17. The first kappa shape index (κ1) is 21.1. The quantitative estimate of drug-likeness (QED) is 0.381. The van der Waals surface area contributed by atoms with Crippen LogP contribution in [0.3, 0.4) is 0 Å². The minimum Gasteiger partial charge on any atom is -0.342 e. The minimum atomic E-state index is -3.68. The first-order valence-corrected chi connectivity index (χ1v) is 12.1. The van der Waals surface area contributed by atoms with Gasteiger partial charge >= 0.3 is 0 Å². The second-order valence-electron chi connectivity index (χ2n) is 7.45. The Bertz CT molecular complexity index is 1280. The maximum Gasteiger partial charge on any atom is 0.271 e. The van der Waals surface area contributed by atoms with Crippen molar-refractivity contribution in [3.8, 4) is 0 Å². The van der Waals surface area contributed by atoms with Gasteiger partial charge in [0.05, 0.1) is 17.1 Å². The number of aromatic amines is 1. The number of benzene rings is 2. The number of imidazole rings is 1. The lowest BCUT2D eigenvalue weighted by molar-refractivity contribution is 0.0923. The van der Waals surface area contributed by atoms with Crippen molar-refractivity contribution in [2.24, 2.45) is 5.92 Å². The van der Waals surface area contributed by atoms with E-state index in [-0.39, 0.29) is 22.1 Å². The lowest BCUT2D eigenvalue weighted by Crippen LogP contribution is -2.32. The van der Waals surface area contributed by atoms with E-state index in [0.717, 1.165) is 22.4 Å². The second-order valence-corrected chi connectivity index (χ2v) is 10.3. The van der Waals surface area contributed by atoms with Crippen LogP contribution in [0.2, 0.25) is 0 Å². The first-order valence-electron chi connectivity index (χ1n) is 9.75. The highest BCUT2D eigenvalue weighted by molar-refractivity contribution is 7.94. The van der Waals surface area contributed by atoms with E-state index >= 15 is 0 Å². The fourth-order valence-corrected chi connectivity index (χ4v) is 5.28. The molecule has 3 N–H and O–H groups in total. The van der Waals surface area contributed by atoms with E-state index in [1.165, 1.54) is 12.1 Å². The fraction of sp³-hybridized carbons (Fsp3) is 0.182. The predicted octanol–water partition coefficient (Wildman–Crippen LogP) is 4.55. The van der Waals surface area contributed by atoms with Crippen molar-refractivity contribution in [2.45, 2.75) is 24.1 Å². The smallest absolute Gasteiger partial charge is 0.271 e. The Labute approximate surface area is 184 Å². The van der Waals surface area contributed by atoms with Gasteiger partial charge in [0.2, 0.25) is 0 Å². The van der Waals surface area contributed by atoms with Gasteiger partial charge in [-0.3, -0.25) is 9.52 Å². The van der Waals surface area contributed by atoms with Crippen LogP contribution in [0.1, 0.15) is 36.1 Å². The highest BCUT2D eigenvalue weighted by Gasteiger charge is 2.23. The summed E-state index contributed by atoms with van der Waals surface area (Å²) in [5, 5.41) is 4.72. The number of thiophene rings is 1. The highest BCUT2D eigenvalue weighted by atomic mass is 32.2. The Morgan fingerprint density at radius 3 is 2.58 bits per heavy atom. The molecule has 1 amide bonds. The molecule has 31 heavy (non-hydrogen) atoms. The van der Waals surface area contributed by atoms with Gasteiger partial charge in [-0.05, 0) is 47.7 Å². The van der Waals surface area contributed by atoms with Crippen LogP contribution in [0.4, 0.5) is 5.69 Å². The van der Waals surface area contributed by atoms with Gasteiger partial charge in [0.25, 0.3) is 15.9 Å². The largest absolute Gasteiger partial charge is 0.342 e. The first-order chi connectivity index (χ1) is 14.8. The zero-order valence-electron chi connectivity index (χ0n) is 17.0. The summed E-state index contributed by atoms with van der Waals surface area (Å²) in [5.74, 6) is 0.459. The number of carbonyl (C=O) groups is 1. The molecule has 4 rings (SSSR count). The molecular formula is C22H22N4O3S2. The normalized spacial score (nSPS) is 12.7. The number of hydrogen-bond donors (Lipinski definition) is 3. The van der Waals surface area contributed by atoms with Crippen LogP contribution in [0, 0.1) is 5.92 Å². The Balaban J connectivity index is 1.55. The van der Waals surface area contributed by atoms with Crippen molar-refractivity contribution in [2.75, 3.05) is 4.72 Å². The van der Waals surface area contributed by atoms with Crippen LogP contribution in [-0.4, -0.2) is 24.3 Å². The van der Waals surface area contributed by atoms with Crippen molar-refractivity contribution in [3.63, 3.8) is 0 Å². The molecule has 0 fully saturated rings. The molecule has 2 heterocycles. The summed E-state index contributed by atoms with van der Waals surface area (Å²) in [6, 6.07) is 17.0. The summed E-state index contributed by atoms with van der Waals surface area (Å²) in [5.41, 5.74) is 2.42. The molecule has 9 heteroatoms. The molecule has 0 aliphatic rings. The summed E-state index contributed by atoms with van der Waals surface area (Å²) in [7, 11) is -3.68. The third-order valence-corrected chi connectivity index (χ3v) is 7.57. The number of hydrogen-bond acceptors (Lipinski definition) is 5. The lowest BCUT2D eigenvalue weighted by Gasteiger charge is -2.20. The second kappa shape index (κ2) is 8.52. The van der Waals surface area contributed by atoms with Crippen LogP contribution in [0.25, 0.3) is 11.0 Å². The van der Waals surface area contributed by atoms with Gasteiger partial charge in [0, 0.05) is 11.3 Å². The molecule has 0 saturated heterocycles. The lowest BCUT2D eigenvalue weighted by atomic mass is 10.0. The molecule has 0 bridgehead atoms. The van der Waals surface area contributed by atoms with E-state index in [4.69, 9.17) is 0 Å². The molecule has 1 unspecified atom stereocenters. The number of aromatic nitrogens is 2. The topological polar surface area (TPSA) is 104 Å². The summed E-state index contributed by atoms with van der Waals surface area (Å²) >= 11 is 1.13. The number of fused-ring (bicyclic) bond motifs is 1. The van der Waals surface area contributed by atoms with E-state index in [1.54, 1.807) is 29.6 Å². The molecule has 0 aliphatic heterocycles. The van der Waals surface area contributed by atoms with Crippen molar-refractivity contribution in [1.29, 1.82) is 0 Å². The number of para-hydroxylation sites is 2. The number of rotatable bonds is 7. The molecule has 160 valence electrons. The van der Waals surface area contributed by atoms with Crippen LogP contribution in [0.5, 0.6) is 0 Å². The Morgan fingerprint density at radius 1 is 1.06 bits per heavy atom. The van der Waals surface area contributed by atoms with Crippen molar-refractivity contribution in [1.82, 2.24) is 15.3 Å². The number of anilines is 1. The number of sulfonamides is 1. The van der Waals surface area contributed by atoms with Crippen molar-refractivity contribution < 1.29 is 13.2 Å². The van der Waals surface area contributed by atoms with Gasteiger partial charge in [-0.2, -0.15) is 0 Å². The zero-order chi connectivity index (χ0) is 22.0. The number of amides is 1. The highest BCUT2D eigenvalue weighted by Crippen LogP contribution is 2.24. The van der Waals surface area contributed by atoms with Crippen molar-refractivity contribution in [3.05, 3.63) is 77.4 Å². The molecule has 2 aromatic carbocycles. The van der Waals surface area contributed by atoms with Crippen LogP contribution in [0.15, 0.2) is 70.3 Å². The predicted molar refractivity (Wildman–Crippen MR) is 123 cm³/mol. The Kier molecular flexibility index (Phi) is 5.79. The molecule has 0 spiro atoms. The van der Waals surface area contributed by atoms with Gasteiger partial charge < -0.3 is 10.3 Å². The van der Waals surface area contributed by atoms with E-state index in [0.29, 0.717) is 17.1 Å². The third kappa shape index (κ3) is 4.62. The molecule has 2 aromatic heterocycles. The number of carbonyl (C=O) groups excluding carboxylic acids is 1. The summed E-state index contributed by atoms with van der Waals surface area (Å²) in [6.45, 7) is 4.01. The molecule has 0 aliphatic carbocycles. The molecular weight excluding hydrogens is 432 g/mol. The number of H-pyrrole nitrogens is 1. The van der Waals surface area contributed by atoms with Gasteiger partial charge in [0.15, 0.2) is 0 Å². The van der Waals surface area contributed by atoms with E-state index in [2.05, 4.69) is 20.0 Å². The molecule has 4 aromatic rings. The van der Waals surface area contributed by atoms with E-state index < -0.39 is 10.0 Å². The fourth-order valence-electron chi connectivity index (χ4n) is 3.24. The van der Waals surface area contributed by atoms with Crippen molar-refractivity contribution >= 4 is 44.0 Å². The van der Waals surface area contributed by atoms with Gasteiger partial charge in [-0.1, -0.05) is 38.1 Å². The third-order valence-electron chi connectivity index (χ3n) is 4.79. The monoisotopic (exact) mass is 454 g/mol. The van der Waals surface area contributed by atoms with Crippen LogP contribution in [-0.2, 0) is 10.0 Å². The maximum atomic E-state index is 13.0. The molecule has 0 radical (unpaired) electrons. The summed E-state index contributed by atoms with van der Waals surface area (Å²) in [6.07, 6.45) is 0. The summed E-state index contributed by atoms with van der Waals surface area (Å²) < 4.78 is 27.7. The van der Waals surface area contributed by atoms with Crippen LogP contribution >= 0.6 is 11.3 Å². The molecule has 7 nitrogen and oxygen atoms in total. The van der Waals surface area contributed by atoms with Gasteiger partial charge in [0.1, 0.15) is 10.0 Å². The minimum absolute atomic E-state index is 0.0880. The Morgan fingerprint density at radius 2 is 1.87 bits per heavy atom. The SMILES string of the molecule is CC(C)C(NC(=O)c1cccc(NS(=O)(=O)c2cccs2)c1)c1nc2ccccc2[nH]1. The van der Waals surface area contributed by atoms with E-state index in [1.807, 2.05) is 38.1 Å². The molecule has 0 saturated carbocycles. The van der Waals surface area contributed by atoms with Crippen LogP contribution < -0.4 is 10.0 Å². The number of nitrogens with zero attached hydrogens (tertiary/aromatic N) is 1. The summed E-state index contributed by atoms with van der Waals surface area (Å²) in [4.78, 5) is 20.9. The average Bonchev–Trinajstić information content (AvgIpc) is 3.41.